The average Bonchev–Trinajstić information content (AvgIpc) is 3.26. The molecule has 0 bridgehead atoms. The number of non-ortho nitro benzene ring substituents is 1. The number of carbonyl (C=O) groups excluding carboxylic acids is 2. The summed E-state index contributed by atoms with van der Waals surface area (Å²) in [6.07, 6.45) is -1.51. The average molecular weight is 500 g/mol. The van der Waals surface area contributed by atoms with E-state index in [1.54, 1.807) is 48.5 Å². The molecule has 12 nitrogen and oxygen atoms in total. The summed E-state index contributed by atoms with van der Waals surface area (Å²) < 4.78 is 0. The number of aryl methyl sites for hydroxylation is 1. The lowest BCUT2D eigenvalue weighted by atomic mass is 9.98. The van der Waals surface area contributed by atoms with E-state index in [0.717, 1.165) is 10.4 Å². The van der Waals surface area contributed by atoms with Gasteiger partial charge in [0.1, 0.15) is 5.69 Å². The van der Waals surface area contributed by atoms with Crippen molar-refractivity contribution in [2.45, 2.75) is 6.92 Å². The number of nitro benzene ring substituents is 1. The quantitative estimate of drug-likeness (QED) is 0.231. The van der Waals surface area contributed by atoms with E-state index in [-0.39, 0.29) is 28.2 Å². The number of benzene rings is 3. The van der Waals surface area contributed by atoms with Crippen LogP contribution >= 0.6 is 0 Å². The minimum Gasteiger partial charge on any atom is -0.464 e. The number of nitrogens with one attached hydrogen (secondary N) is 3. The number of carbonyl (C=O) groups is 3. The molecule has 1 heterocycles. The first-order chi connectivity index (χ1) is 17.7. The van der Waals surface area contributed by atoms with Gasteiger partial charge >= 0.3 is 6.09 Å². The van der Waals surface area contributed by atoms with Crippen molar-refractivity contribution in [1.29, 1.82) is 0 Å². The standard InChI is InChI=1S/C25H20N6O6/c1-15-7-5-11-18(13-15)23(32)26-27-24(33)22-20(17-10-6-12-19(14-17)31(36)37)21(16-8-3-2-4-9-16)28-30(22)29-25(34)35/h2-14,29H,1H3,(H,26,32)(H,27,33)(H,34,35). The largest absolute Gasteiger partial charge is 0.464 e. The predicted octanol–water partition coefficient (Wildman–Crippen LogP) is 3.73. The Labute approximate surface area is 209 Å². The molecule has 0 fully saturated rings. The maximum absolute atomic E-state index is 13.4. The zero-order valence-electron chi connectivity index (χ0n) is 19.3. The topological polar surface area (TPSA) is 168 Å². The molecule has 0 aliphatic heterocycles. The highest BCUT2D eigenvalue weighted by Crippen LogP contribution is 2.35. The van der Waals surface area contributed by atoms with Crippen molar-refractivity contribution in [2.24, 2.45) is 0 Å². The van der Waals surface area contributed by atoms with Gasteiger partial charge in [-0.1, -0.05) is 60.2 Å². The molecule has 186 valence electrons. The molecular weight excluding hydrogens is 480 g/mol. The molecule has 0 saturated heterocycles. The first-order valence-electron chi connectivity index (χ1n) is 10.8. The molecule has 0 aliphatic rings. The van der Waals surface area contributed by atoms with Crippen LogP contribution in [0.5, 0.6) is 0 Å². The van der Waals surface area contributed by atoms with Crippen LogP contribution in [0.4, 0.5) is 10.5 Å². The number of nitrogens with zero attached hydrogens (tertiary/aromatic N) is 3. The van der Waals surface area contributed by atoms with Gasteiger partial charge in [-0.3, -0.25) is 30.6 Å². The Balaban J connectivity index is 1.82. The van der Waals surface area contributed by atoms with Crippen molar-refractivity contribution in [3.8, 4) is 22.4 Å². The molecule has 0 aliphatic carbocycles. The molecule has 1 aromatic heterocycles. The highest BCUT2D eigenvalue weighted by atomic mass is 16.6. The minimum atomic E-state index is -1.51. The molecule has 12 heteroatoms. The molecule has 4 aromatic rings. The Morgan fingerprint density at radius 2 is 1.57 bits per heavy atom. The summed E-state index contributed by atoms with van der Waals surface area (Å²) in [5.74, 6) is -1.51. The SMILES string of the molecule is Cc1cccc(C(=O)NNC(=O)c2c(-c3cccc([N+](=O)[O-])c3)c(-c3ccccc3)nn2NC(=O)O)c1. The van der Waals surface area contributed by atoms with E-state index in [2.05, 4.69) is 16.0 Å². The predicted molar refractivity (Wildman–Crippen MR) is 133 cm³/mol. The number of nitro groups is 1. The minimum absolute atomic E-state index is 0.117. The molecule has 0 radical (unpaired) electrons. The molecule has 0 saturated carbocycles. The van der Waals surface area contributed by atoms with E-state index in [4.69, 9.17) is 0 Å². The first-order valence-corrected chi connectivity index (χ1v) is 10.8. The lowest BCUT2D eigenvalue weighted by Crippen LogP contribution is -2.43. The van der Waals surface area contributed by atoms with Crippen molar-refractivity contribution in [3.63, 3.8) is 0 Å². The van der Waals surface area contributed by atoms with Crippen LogP contribution in [0, 0.1) is 17.0 Å². The Morgan fingerprint density at radius 1 is 0.892 bits per heavy atom. The summed E-state index contributed by atoms with van der Waals surface area (Å²) in [5, 5.41) is 25.0. The zero-order valence-corrected chi connectivity index (χ0v) is 19.3. The van der Waals surface area contributed by atoms with Crippen LogP contribution in [-0.4, -0.2) is 37.8 Å². The molecule has 0 unspecified atom stereocenters. The van der Waals surface area contributed by atoms with Gasteiger partial charge in [0.15, 0.2) is 5.69 Å². The normalized spacial score (nSPS) is 10.4. The van der Waals surface area contributed by atoms with Crippen LogP contribution in [-0.2, 0) is 0 Å². The molecule has 0 atom stereocenters. The third kappa shape index (κ3) is 5.43. The molecule has 37 heavy (non-hydrogen) atoms. The van der Waals surface area contributed by atoms with Gasteiger partial charge in [-0.05, 0) is 24.6 Å². The van der Waals surface area contributed by atoms with Gasteiger partial charge in [-0.15, -0.1) is 0 Å². The summed E-state index contributed by atoms with van der Waals surface area (Å²) in [6.45, 7) is 1.81. The number of aromatic nitrogens is 2. The van der Waals surface area contributed by atoms with Crippen molar-refractivity contribution >= 4 is 23.6 Å². The van der Waals surface area contributed by atoms with Gasteiger partial charge in [0.2, 0.25) is 0 Å². The van der Waals surface area contributed by atoms with Crippen molar-refractivity contribution < 1.29 is 24.4 Å². The van der Waals surface area contributed by atoms with Crippen LogP contribution < -0.4 is 16.3 Å². The number of hydrogen-bond donors (Lipinski definition) is 4. The molecule has 3 amide bonds. The Bertz CT molecular complexity index is 1520. The van der Waals surface area contributed by atoms with Gasteiger partial charge in [0, 0.05) is 28.8 Å². The summed E-state index contributed by atoms with van der Waals surface area (Å²) in [6, 6.07) is 20.8. The number of rotatable bonds is 6. The van der Waals surface area contributed by atoms with E-state index >= 15 is 0 Å². The Hall–Kier alpha value is -5.52. The Kier molecular flexibility index (Phi) is 6.91. The van der Waals surface area contributed by atoms with Gasteiger partial charge in [0.25, 0.3) is 17.5 Å². The lowest BCUT2D eigenvalue weighted by Gasteiger charge is -2.11. The molecule has 3 aromatic carbocycles. The number of hydrazine groups is 1. The van der Waals surface area contributed by atoms with E-state index in [1.807, 2.05) is 18.4 Å². The highest BCUT2D eigenvalue weighted by Gasteiger charge is 2.28. The van der Waals surface area contributed by atoms with Gasteiger partial charge in [-0.2, -0.15) is 9.89 Å². The van der Waals surface area contributed by atoms with Crippen LogP contribution in [0.1, 0.15) is 26.4 Å². The summed E-state index contributed by atoms with van der Waals surface area (Å²) in [4.78, 5) is 49.0. The van der Waals surface area contributed by atoms with Crippen LogP contribution in [0.25, 0.3) is 22.4 Å². The number of amides is 3. The summed E-state index contributed by atoms with van der Waals surface area (Å²) >= 11 is 0. The van der Waals surface area contributed by atoms with E-state index in [1.165, 1.54) is 24.3 Å². The molecule has 4 N–H and O–H groups in total. The second-order valence-corrected chi connectivity index (χ2v) is 7.85. The zero-order chi connectivity index (χ0) is 26.5. The lowest BCUT2D eigenvalue weighted by molar-refractivity contribution is -0.384. The van der Waals surface area contributed by atoms with E-state index in [9.17, 15) is 29.6 Å². The molecule has 4 rings (SSSR count). The van der Waals surface area contributed by atoms with Crippen molar-refractivity contribution in [3.05, 3.63) is 106 Å². The van der Waals surface area contributed by atoms with Crippen molar-refractivity contribution in [2.75, 3.05) is 5.43 Å². The van der Waals surface area contributed by atoms with Gasteiger partial charge in [0.05, 0.1) is 4.92 Å². The van der Waals surface area contributed by atoms with Crippen molar-refractivity contribution in [1.82, 2.24) is 20.7 Å². The maximum atomic E-state index is 13.4. The fraction of sp³-hybridized carbons (Fsp3) is 0.0400. The third-order valence-electron chi connectivity index (χ3n) is 5.26. The number of hydrogen-bond acceptors (Lipinski definition) is 6. The van der Waals surface area contributed by atoms with E-state index in [0.29, 0.717) is 11.1 Å². The number of carboxylic acid groups (broad SMARTS) is 1. The molecule has 0 spiro atoms. The summed E-state index contributed by atoms with van der Waals surface area (Å²) in [7, 11) is 0. The fourth-order valence-corrected chi connectivity index (χ4v) is 3.68. The Morgan fingerprint density at radius 3 is 2.24 bits per heavy atom. The van der Waals surface area contributed by atoms with Crippen LogP contribution in [0.2, 0.25) is 0 Å². The molecular formula is C25H20N6O6. The van der Waals surface area contributed by atoms with Gasteiger partial charge < -0.3 is 5.11 Å². The second-order valence-electron chi connectivity index (χ2n) is 7.85. The summed E-state index contributed by atoms with van der Waals surface area (Å²) in [5.41, 5.74) is 8.26. The monoisotopic (exact) mass is 500 g/mol. The smallest absolute Gasteiger partial charge is 0.425 e. The van der Waals surface area contributed by atoms with Crippen LogP contribution in [0.3, 0.4) is 0 Å². The second kappa shape index (κ2) is 10.4. The van der Waals surface area contributed by atoms with E-state index < -0.39 is 22.8 Å². The fourth-order valence-electron chi connectivity index (χ4n) is 3.68. The van der Waals surface area contributed by atoms with Gasteiger partial charge in [-0.25, -0.2) is 10.2 Å². The van der Waals surface area contributed by atoms with Crippen LogP contribution in [0.15, 0.2) is 78.9 Å². The highest BCUT2D eigenvalue weighted by molar-refractivity contribution is 6.05. The first kappa shape index (κ1) is 24.6. The maximum Gasteiger partial charge on any atom is 0.425 e. The third-order valence-corrected chi connectivity index (χ3v) is 5.26.